The molecule has 194 valence electrons. The number of pyridine rings is 1. The van der Waals surface area contributed by atoms with Crippen molar-refractivity contribution in [1.82, 2.24) is 24.5 Å². The van der Waals surface area contributed by atoms with E-state index in [1.54, 1.807) is 13.1 Å². The summed E-state index contributed by atoms with van der Waals surface area (Å²) in [6.07, 6.45) is -1.21. The molecule has 0 saturated heterocycles. The number of nitrogens with two attached hydrogens (primary N) is 1. The van der Waals surface area contributed by atoms with Crippen molar-refractivity contribution in [2.45, 2.75) is 39.5 Å². The van der Waals surface area contributed by atoms with Gasteiger partial charge in [0.15, 0.2) is 0 Å². The summed E-state index contributed by atoms with van der Waals surface area (Å²) < 4.78 is 43.7. The van der Waals surface area contributed by atoms with Gasteiger partial charge in [0.25, 0.3) is 5.91 Å². The topological polar surface area (TPSA) is 164 Å². The Balaban J connectivity index is 1.91. The molecule has 1 unspecified atom stereocenters. The summed E-state index contributed by atoms with van der Waals surface area (Å²) >= 11 is 0.608. The molecule has 4 heterocycles. The van der Waals surface area contributed by atoms with Gasteiger partial charge in [-0.1, -0.05) is 0 Å². The molecule has 4 aromatic heterocycles. The van der Waals surface area contributed by atoms with E-state index in [0.717, 1.165) is 23.1 Å². The van der Waals surface area contributed by atoms with Crippen LogP contribution in [0.1, 0.15) is 40.9 Å². The summed E-state index contributed by atoms with van der Waals surface area (Å²) in [4.78, 5) is 39.0. The lowest BCUT2D eigenvalue weighted by Crippen LogP contribution is -2.25. The summed E-state index contributed by atoms with van der Waals surface area (Å²) in [7, 11) is 0. The highest BCUT2D eigenvalue weighted by Gasteiger charge is 2.35. The highest BCUT2D eigenvalue weighted by atomic mass is 32.1. The number of carbonyl (C=O) groups is 2. The average Bonchev–Trinajstić information content (AvgIpc) is 3.54. The van der Waals surface area contributed by atoms with Gasteiger partial charge in [0, 0.05) is 23.7 Å². The van der Waals surface area contributed by atoms with Crippen molar-refractivity contribution in [2.24, 2.45) is 5.73 Å². The van der Waals surface area contributed by atoms with Crippen molar-refractivity contribution in [3.05, 3.63) is 51.0 Å². The summed E-state index contributed by atoms with van der Waals surface area (Å²) in [6.45, 7) is 5.28. The number of nitrogens with zero attached hydrogens (tertiary/aromatic N) is 6. The second-order valence-corrected chi connectivity index (χ2v) is 8.99. The first-order valence-corrected chi connectivity index (χ1v) is 11.5. The van der Waals surface area contributed by atoms with Gasteiger partial charge >= 0.3 is 11.9 Å². The van der Waals surface area contributed by atoms with E-state index < -0.39 is 34.6 Å². The third-order valence-corrected chi connectivity index (χ3v) is 6.66. The maximum atomic E-state index is 13.7. The first-order valence-electron chi connectivity index (χ1n) is 10.7. The minimum atomic E-state index is -4.79. The van der Waals surface area contributed by atoms with Crippen molar-refractivity contribution in [2.75, 3.05) is 5.32 Å². The molecule has 0 spiro atoms. The quantitative estimate of drug-likeness (QED) is 0.267. The molecular formula is C21H19F3N8O4S. The van der Waals surface area contributed by atoms with E-state index >= 15 is 0 Å². The van der Waals surface area contributed by atoms with Crippen molar-refractivity contribution in [3.8, 4) is 11.1 Å². The van der Waals surface area contributed by atoms with Gasteiger partial charge in [0.1, 0.15) is 33.8 Å². The van der Waals surface area contributed by atoms with Crippen LogP contribution in [-0.2, 0) is 17.5 Å². The molecule has 4 rings (SSSR count). The second kappa shape index (κ2) is 9.27. The van der Waals surface area contributed by atoms with Crippen LogP contribution in [0.4, 0.5) is 24.5 Å². The highest BCUT2D eigenvalue weighted by molar-refractivity contribution is 7.21. The number of carbonyl (C=O) groups excluding carboxylic acids is 2. The maximum absolute atomic E-state index is 13.7. The lowest BCUT2D eigenvalue weighted by Gasteiger charge is -2.14. The fourth-order valence-electron chi connectivity index (χ4n) is 3.67. The van der Waals surface area contributed by atoms with Crippen LogP contribution in [0.15, 0.2) is 24.7 Å². The van der Waals surface area contributed by atoms with Gasteiger partial charge < -0.3 is 11.1 Å². The number of halogens is 3. The monoisotopic (exact) mass is 536 g/mol. The first kappa shape index (κ1) is 25.7. The summed E-state index contributed by atoms with van der Waals surface area (Å²) in [6, 6.07) is -0.250. The molecule has 16 heteroatoms. The number of hydrogen-bond acceptors (Lipinski definition) is 8. The second-order valence-electron chi connectivity index (χ2n) is 7.99. The van der Waals surface area contributed by atoms with Crippen LogP contribution in [0.5, 0.6) is 0 Å². The van der Waals surface area contributed by atoms with Gasteiger partial charge in [-0.05, 0) is 32.4 Å². The van der Waals surface area contributed by atoms with E-state index in [1.165, 1.54) is 11.6 Å². The van der Waals surface area contributed by atoms with Crippen LogP contribution in [0.2, 0.25) is 0 Å². The highest BCUT2D eigenvalue weighted by Crippen LogP contribution is 2.44. The van der Waals surface area contributed by atoms with Crippen LogP contribution in [0.25, 0.3) is 21.3 Å². The molecule has 0 aliphatic rings. The van der Waals surface area contributed by atoms with E-state index in [4.69, 9.17) is 5.73 Å². The van der Waals surface area contributed by atoms with Crippen molar-refractivity contribution >= 4 is 44.7 Å². The van der Waals surface area contributed by atoms with Gasteiger partial charge in [0.05, 0.1) is 16.3 Å². The van der Waals surface area contributed by atoms with Crippen molar-refractivity contribution in [3.63, 3.8) is 0 Å². The Morgan fingerprint density at radius 3 is 2.54 bits per heavy atom. The third kappa shape index (κ3) is 4.74. The number of fused-ring (bicyclic) bond motifs is 1. The Kier molecular flexibility index (Phi) is 6.45. The number of thiophene rings is 1. The van der Waals surface area contributed by atoms with Gasteiger partial charge in [-0.25, -0.2) is 4.98 Å². The SMILES string of the molecule is CCn1cc(-c2cc(C(F)(F)F)nc3sc(C(N)=O)c(NC(=O)C(C)n4cc([N+](=O)[O-])cn4)c23)c(C)n1. The normalized spacial score (nSPS) is 12.6. The molecule has 0 fully saturated rings. The number of alkyl halides is 3. The van der Waals surface area contributed by atoms with Crippen LogP contribution < -0.4 is 11.1 Å². The third-order valence-electron chi connectivity index (χ3n) is 5.56. The van der Waals surface area contributed by atoms with E-state index in [-0.39, 0.29) is 32.0 Å². The number of hydrogen-bond donors (Lipinski definition) is 2. The number of aryl methyl sites for hydroxylation is 2. The molecule has 0 aliphatic carbocycles. The number of anilines is 1. The largest absolute Gasteiger partial charge is 0.433 e. The number of nitro groups is 1. The Morgan fingerprint density at radius 1 is 1.30 bits per heavy atom. The maximum Gasteiger partial charge on any atom is 0.433 e. The minimum absolute atomic E-state index is 0.0518. The van der Waals surface area contributed by atoms with Crippen molar-refractivity contribution in [1.29, 1.82) is 0 Å². The van der Waals surface area contributed by atoms with Gasteiger partial charge in [-0.15, -0.1) is 11.3 Å². The molecule has 37 heavy (non-hydrogen) atoms. The zero-order valence-electron chi connectivity index (χ0n) is 19.5. The fraction of sp³-hybridized carbons (Fsp3) is 0.286. The lowest BCUT2D eigenvalue weighted by molar-refractivity contribution is -0.385. The summed E-state index contributed by atoms with van der Waals surface area (Å²) in [5.41, 5.74) is 4.68. The predicted molar refractivity (Wildman–Crippen MR) is 127 cm³/mol. The fourth-order valence-corrected chi connectivity index (χ4v) is 4.68. The van der Waals surface area contributed by atoms with E-state index in [2.05, 4.69) is 20.5 Å². The number of primary amides is 1. The number of aromatic nitrogens is 5. The Labute approximate surface area is 210 Å². The first-order chi connectivity index (χ1) is 17.3. The standard InChI is InChI=1S/C21H19F3N8O4S/c1-4-30-8-13(9(2)29-30)12-5-14(21(22,23)24)27-20-15(12)16(17(37-20)18(25)33)28-19(34)10(3)31-7-11(6-26-31)32(35)36/h5-8,10H,4H2,1-3H3,(H2,25,33)(H,28,34). The minimum Gasteiger partial charge on any atom is -0.365 e. The van der Waals surface area contributed by atoms with Gasteiger partial charge in [0.2, 0.25) is 5.91 Å². The molecule has 4 aromatic rings. The van der Waals surface area contributed by atoms with E-state index in [0.29, 0.717) is 29.1 Å². The molecule has 0 saturated carbocycles. The zero-order valence-corrected chi connectivity index (χ0v) is 20.3. The number of nitrogens with one attached hydrogen (secondary N) is 1. The molecule has 2 amide bonds. The Morgan fingerprint density at radius 2 is 2.00 bits per heavy atom. The van der Waals surface area contributed by atoms with Gasteiger partial charge in [-0.2, -0.15) is 23.4 Å². The van der Waals surface area contributed by atoms with Crippen molar-refractivity contribution < 1.29 is 27.7 Å². The van der Waals surface area contributed by atoms with E-state index in [9.17, 15) is 32.9 Å². The zero-order chi connectivity index (χ0) is 27.2. The van der Waals surface area contributed by atoms with E-state index in [1.807, 2.05) is 6.92 Å². The van der Waals surface area contributed by atoms with Crippen LogP contribution in [0.3, 0.4) is 0 Å². The van der Waals surface area contributed by atoms with Crippen LogP contribution in [0, 0.1) is 17.0 Å². The molecule has 0 radical (unpaired) electrons. The smallest absolute Gasteiger partial charge is 0.365 e. The number of rotatable bonds is 7. The average molecular weight is 536 g/mol. The Bertz CT molecular complexity index is 1560. The molecule has 0 aromatic carbocycles. The Hall–Kier alpha value is -4.34. The molecule has 1 atom stereocenters. The summed E-state index contributed by atoms with van der Waals surface area (Å²) in [5, 5.41) is 21.7. The van der Waals surface area contributed by atoms with Crippen LogP contribution in [-0.4, -0.2) is 41.3 Å². The predicted octanol–water partition coefficient (Wildman–Crippen LogP) is 3.91. The molecule has 0 aliphatic heterocycles. The lowest BCUT2D eigenvalue weighted by atomic mass is 10.0. The van der Waals surface area contributed by atoms with Crippen LogP contribution >= 0.6 is 11.3 Å². The number of amides is 2. The molecule has 12 nitrogen and oxygen atoms in total. The molecule has 3 N–H and O–H groups in total. The molecule has 0 bridgehead atoms. The van der Waals surface area contributed by atoms with Gasteiger partial charge in [-0.3, -0.25) is 29.1 Å². The summed E-state index contributed by atoms with van der Waals surface area (Å²) in [5.74, 6) is -1.73. The molecular weight excluding hydrogens is 517 g/mol.